The highest BCUT2D eigenvalue weighted by atomic mass is 19.4. The second-order valence-corrected chi connectivity index (χ2v) is 6.42. The average molecular weight is 383 g/mol. The molecule has 3 nitrogen and oxygen atoms in total. The second kappa shape index (κ2) is 8.71. The van der Waals surface area contributed by atoms with Crippen LogP contribution in [0.5, 0.6) is 5.75 Å². The van der Waals surface area contributed by atoms with Crippen LogP contribution in [0.3, 0.4) is 0 Å². The fourth-order valence-electron chi connectivity index (χ4n) is 2.98. The predicted octanol–water partition coefficient (Wildman–Crippen LogP) is 4.69. The van der Waals surface area contributed by atoms with E-state index in [0.717, 1.165) is 37.3 Å². The molecule has 0 N–H and O–H groups in total. The number of hydrogen-bond donors (Lipinski definition) is 0. The highest BCUT2D eigenvalue weighted by molar-refractivity contribution is 5.30. The Labute approximate surface area is 155 Å². The number of morpholine rings is 1. The Morgan fingerprint density at radius 1 is 0.963 bits per heavy atom. The van der Waals surface area contributed by atoms with Crippen LogP contribution in [0, 0.1) is 5.82 Å². The summed E-state index contributed by atoms with van der Waals surface area (Å²) in [5, 5.41) is 0. The molecule has 27 heavy (non-hydrogen) atoms. The van der Waals surface area contributed by atoms with E-state index < -0.39 is 11.7 Å². The van der Waals surface area contributed by atoms with Gasteiger partial charge >= 0.3 is 6.18 Å². The van der Waals surface area contributed by atoms with Crippen molar-refractivity contribution in [3.8, 4) is 5.75 Å². The predicted molar refractivity (Wildman–Crippen MR) is 93.1 cm³/mol. The fraction of sp³-hybridized carbons (Fsp3) is 0.400. The van der Waals surface area contributed by atoms with Gasteiger partial charge in [-0.1, -0.05) is 12.1 Å². The van der Waals surface area contributed by atoms with E-state index in [4.69, 9.17) is 9.47 Å². The molecule has 3 rings (SSSR count). The van der Waals surface area contributed by atoms with Gasteiger partial charge in [-0.3, -0.25) is 4.90 Å². The fourth-order valence-corrected chi connectivity index (χ4v) is 2.98. The zero-order valence-electron chi connectivity index (χ0n) is 14.7. The minimum Gasteiger partial charge on any atom is -0.486 e. The van der Waals surface area contributed by atoms with Gasteiger partial charge in [-0.2, -0.15) is 13.2 Å². The summed E-state index contributed by atoms with van der Waals surface area (Å²) in [5.41, 5.74) is 0.0612. The Hall–Kier alpha value is -2.12. The Balaban J connectivity index is 1.71. The van der Waals surface area contributed by atoms with Crippen molar-refractivity contribution in [1.82, 2.24) is 4.90 Å². The zero-order chi connectivity index (χ0) is 19.3. The number of nitrogens with zero attached hydrogens (tertiary/aromatic N) is 1. The Kier molecular flexibility index (Phi) is 6.34. The summed E-state index contributed by atoms with van der Waals surface area (Å²) in [7, 11) is 0. The third kappa shape index (κ3) is 5.68. The summed E-state index contributed by atoms with van der Waals surface area (Å²) >= 11 is 0. The average Bonchev–Trinajstić information content (AvgIpc) is 2.66. The van der Waals surface area contributed by atoms with Crippen LogP contribution in [0.1, 0.15) is 23.7 Å². The molecule has 1 atom stereocenters. The number of alkyl halides is 3. The van der Waals surface area contributed by atoms with E-state index in [1.807, 2.05) is 0 Å². The zero-order valence-corrected chi connectivity index (χ0v) is 14.7. The molecule has 2 aromatic carbocycles. The lowest BCUT2D eigenvalue weighted by Crippen LogP contribution is -2.37. The van der Waals surface area contributed by atoms with Gasteiger partial charge < -0.3 is 9.47 Å². The standard InChI is InChI=1S/C20H21F4NO2/c21-17-5-1-15(2-6-17)19(9-10-25-11-13-26-14-12-25)27-18-7-3-16(4-8-18)20(22,23)24/h1-8,19H,9-14H2. The number of benzene rings is 2. The molecule has 7 heteroatoms. The van der Waals surface area contributed by atoms with Crippen LogP contribution < -0.4 is 4.74 Å². The first-order valence-corrected chi connectivity index (χ1v) is 8.81. The third-order valence-electron chi connectivity index (χ3n) is 4.51. The van der Waals surface area contributed by atoms with Gasteiger partial charge in [0.15, 0.2) is 0 Å². The van der Waals surface area contributed by atoms with Gasteiger partial charge in [0.05, 0.1) is 18.8 Å². The van der Waals surface area contributed by atoms with Gasteiger partial charge in [0.1, 0.15) is 17.7 Å². The van der Waals surface area contributed by atoms with Crippen molar-refractivity contribution in [2.45, 2.75) is 18.7 Å². The summed E-state index contributed by atoms with van der Waals surface area (Å²) in [4.78, 5) is 2.25. The largest absolute Gasteiger partial charge is 0.486 e. The molecule has 1 aliphatic rings. The summed E-state index contributed by atoms with van der Waals surface area (Å²) in [6, 6.07) is 10.6. The molecule has 0 radical (unpaired) electrons. The van der Waals surface area contributed by atoms with E-state index in [1.165, 1.54) is 24.3 Å². The van der Waals surface area contributed by atoms with Crippen LogP contribution >= 0.6 is 0 Å². The van der Waals surface area contributed by atoms with Gasteiger partial charge in [0.25, 0.3) is 0 Å². The molecular weight excluding hydrogens is 362 g/mol. The van der Waals surface area contributed by atoms with E-state index in [1.54, 1.807) is 12.1 Å². The summed E-state index contributed by atoms with van der Waals surface area (Å²) in [6.45, 7) is 3.78. The van der Waals surface area contributed by atoms with Gasteiger partial charge in [-0.15, -0.1) is 0 Å². The minimum absolute atomic E-state index is 0.347. The molecule has 1 saturated heterocycles. The second-order valence-electron chi connectivity index (χ2n) is 6.42. The summed E-state index contributed by atoms with van der Waals surface area (Å²) < 4.78 is 62.7. The molecule has 0 bridgehead atoms. The van der Waals surface area contributed by atoms with Crippen molar-refractivity contribution >= 4 is 0 Å². The summed E-state index contributed by atoms with van der Waals surface area (Å²) in [6.07, 6.45) is -4.14. The number of halogens is 4. The van der Waals surface area contributed by atoms with E-state index in [0.29, 0.717) is 25.4 Å². The highest BCUT2D eigenvalue weighted by Crippen LogP contribution is 2.32. The monoisotopic (exact) mass is 383 g/mol. The van der Waals surface area contributed by atoms with Crippen molar-refractivity contribution < 1.29 is 27.0 Å². The summed E-state index contributed by atoms with van der Waals surface area (Å²) in [5.74, 6) is -0.000452. The van der Waals surface area contributed by atoms with E-state index >= 15 is 0 Å². The van der Waals surface area contributed by atoms with Crippen LogP contribution in [0.25, 0.3) is 0 Å². The molecular formula is C20H21F4NO2. The molecule has 0 aromatic heterocycles. The van der Waals surface area contributed by atoms with E-state index in [9.17, 15) is 17.6 Å². The molecule has 0 aliphatic carbocycles. The van der Waals surface area contributed by atoms with E-state index in [-0.39, 0.29) is 11.9 Å². The van der Waals surface area contributed by atoms with Crippen molar-refractivity contribution in [2.75, 3.05) is 32.8 Å². The van der Waals surface area contributed by atoms with Crippen molar-refractivity contribution in [1.29, 1.82) is 0 Å². The first kappa shape index (κ1) is 19.6. The molecule has 2 aromatic rings. The molecule has 0 saturated carbocycles. The Morgan fingerprint density at radius 3 is 2.19 bits per heavy atom. The molecule has 1 heterocycles. The van der Waals surface area contributed by atoms with Gasteiger partial charge in [-0.25, -0.2) is 4.39 Å². The molecule has 1 unspecified atom stereocenters. The molecule has 1 fully saturated rings. The SMILES string of the molecule is Fc1ccc(C(CCN2CCOCC2)Oc2ccc(C(F)(F)F)cc2)cc1. The van der Waals surface area contributed by atoms with Crippen molar-refractivity contribution in [3.63, 3.8) is 0 Å². The molecule has 0 amide bonds. The van der Waals surface area contributed by atoms with Crippen LogP contribution in [-0.4, -0.2) is 37.7 Å². The quantitative estimate of drug-likeness (QED) is 0.676. The van der Waals surface area contributed by atoms with Crippen LogP contribution in [0.15, 0.2) is 48.5 Å². The molecule has 0 spiro atoms. The maximum Gasteiger partial charge on any atom is 0.416 e. The number of rotatable bonds is 6. The van der Waals surface area contributed by atoms with Gasteiger partial charge in [0, 0.05) is 26.1 Å². The van der Waals surface area contributed by atoms with Crippen molar-refractivity contribution in [3.05, 3.63) is 65.5 Å². The number of ether oxygens (including phenoxy) is 2. The first-order chi connectivity index (χ1) is 12.9. The normalized spacial score (nSPS) is 16.9. The van der Waals surface area contributed by atoms with Crippen LogP contribution in [0.4, 0.5) is 17.6 Å². The number of hydrogen-bond acceptors (Lipinski definition) is 3. The van der Waals surface area contributed by atoms with Gasteiger partial charge in [0.2, 0.25) is 0 Å². The van der Waals surface area contributed by atoms with Crippen LogP contribution in [-0.2, 0) is 10.9 Å². The van der Waals surface area contributed by atoms with Gasteiger partial charge in [-0.05, 0) is 42.0 Å². The lowest BCUT2D eigenvalue weighted by molar-refractivity contribution is -0.137. The van der Waals surface area contributed by atoms with Crippen LogP contribution in [0.2, 0.25) is 0 Å². The minimum atomic E-state index is -4.38. The smallest absolute Gasteiger partial charge is 0.416 e. The van der Waals surface area contributed by atoms with Crippen molar-refractivity contribution in [2.24, 2.45) is 0 Å². The molecule has 1 aliphatic heterocycles. The lowest BCUT2D eigenvalue weighted by atomic mass is 10.1. The Bertz CT molecular complexity index is 710. The third-order valence-corrected chi connectivity index (χ3v) is 4.51. The maximum atomic E-state index is 13.2. The van der Waals surface area contributed by atoms with E-state index in [2.05, 4.69) is 4.90 Å². The maximum absolute atomic E-state index is 13.2. The topological polar surface area (TPSA) is 21.7 Å². The first-order valence-electron chi connectivity index (χ1n) is 8.81. The Morgan fingerprint density at radius 2 is 1.59 bits per heavy atom. The lowest BCUT2D eigenvalue weighted by Gasteiger charge is -2.28. The molecule has 146 valence electrons. The highest BCUT2D eigenvalue weighted by Gasteiger charge is 2.30.